The molecule has 27 heavy (non-hydrogen) atoms. The molecule has 0 saturated heterocycles. The lowest BCUT2D eigenvalue weighted by atomic mass is 9.75. The standard InChI is InChI=1S/C23H38O4/c1-15(2)18-8-6-7-9-20(18)26-22(24)12-13-23(25)27-21-14-17(5)10-11-19(21)16(3)4/h12-13,15-21H,6-11,14H2,1-5H3/b13-12+/t17-,18-,19+,20+,21-/m0/s1. The highest BCUT2D eigenvalue weighted by atomic mass is 16.5. The summed E-state index contributed by atoms with van der Waals surface area (Å²) in [7, 11) is 0. The van der Waals surface area contributed by atoms with Gasteiger partial charge < -0.3 is 9.47 Å². The molecular weight excluding hydrogens is 340 g/mol. The summed E-state index contributed by atoms with van der Waals surface area (Å²) in [4.78, 5) is 24.4. The molecule has 0 aromatic rings. The number of carbonyl (C=O) groups excluding carboxylic acids is 2. The highest BCUT2D eigenvalue weighted by Crippen LogP contribution is 2.35. The van der Waals surface area contributed by atoms with E-state index in [9.17, 15) is 9.59 Å². The molecule has 0 aliphatic heterocycles. The minimum Gasteiger partial charge on any atom is -0.459 e. The molecular formula is C23H38O4. The van der Waals surface area contributed by atoms with Crippen molar-refractivity contribution in [3.05, 3.63) is 12.2 Å². The van der Waals surface area contributed by atoms with Crippen LogP contribution >= 0.6 is 0 Å². The van der Waals surface area contributed by atoms with E-state index in [1.54, 1.807) is 0 Å². The van der Waals surface area contributed by atoms with E-state index in [1.165, 1.54) is 25.0 Å². The van der Waals surface area contributed by atoms with Crippen LogP contribution in [-0.4, -0.2) is 24.1 Å². The van der Waals surface area contributed by atoms with Gasteiger partial charge in [-0.3, -0.25) is 0 Å². The van der Waals surface area contributed by atoms with Gasteiger partial charge in [0.05, 0.1) is 0 Å². The first-order valence-electron chi connectivity index (χ1n) is 10.9. The van der Waals surface area contributed by atoms with E-state index in [2.05, 4.69) is 34.6 Å². The van der Waals surface area contributed by atoms with Crippen molar-refractivity contribution in [2.75, 3.05) is 0 Å². The zero-order chi connectivity index (χ0) is 20.0. The predicted octanol–water partition coefficient (Wildman–Crippen LogP) is 5.30. The van der Waals surface area contributed by atoms with Crippen LogP contribution in [0.15, 0.2) is 12.2 Å². The Morgan fingerprint density at radius 1 is 0.778 bits per heavy atom. The molecule has 0 radical (unpaired) electrons. The lowest BCUT2D eigenvalue weighted by molar-refractivity contribution is -0.152. The van der Waals surface area contributed by atoms with Gasteiger partial charge in [-0.25, -0.2) is 9.59 Å². The van der Waals surface area contributed by atoms with Crippen molar-refractivity contribution in [2.24, 2.45) is 29.6 Å². The minimum atomic E-state index is -0.430. The molecule has 0 bridgehead atoms. The fraction of sp³-hybridized carbons (Fsp3) is 0.826. The van der Waals surface area contributed by atoms with E-state index in [0.717, 1.165) is 32.1 Å². The Kier molecular flexibility index (Phi) is 8.37. The van der Waals surface area contributed by atoms with Crippen LogP contribution < -0.4 is 0 Å². The van der Waals surface area contributed by atoms with Crippen molar-refractivity contribution < 1.29 is 19.1 Å². The fourth-order valence-electron chi connectivity index (χ4n) is 4.80. The van der Waals surface area contributed by atoms with Crippen LogP contribution in [0.5, 0.6) is 0 Å². The molecule has 0 aromatic heterocycles. The van der Waals surface area contributed by atoms with Crippen LogP contribution in [0.25, 0.3) is 0 Å². The van der Waals surface area contributed by atoms with Gasteiger partial charge >= 0.3 is 11.9 Å². The zero-order valence-electron chi connectivity index (χ0n) is 17.8. The Hall–Kier alpha value is -1.32. The first-order valence-corrected chi connectivity index (χ1v) is 10.9. The van der Waals surface area contributed by atoms with Gasteiger partial charge in [-0.1, -0.05) is 47.5 Å². The van der Waals surface area contributed by atoms with Gasteiger partial charge in [-0.05, 0) is 61.7 Å². The van der Waals surface area contributed by atoms with E-state index >= 15 is 0 Å². The molecule has 0 unspecified atom stereocenters. The van der Waals surface area contributed by atoms with Crippen LogP contribution in [0.2, 0.25) is 0 Å². The molecule has 0 aromatic carbocycles. The third-order valence-electron chi connectivity index (χ3n) is 6.46. The van der Waals surface area contributed by atoms with E-state index < -0.39 is 11.9 Å². The molecule has 2 saturated carbocycles. The number of hydrogen-bond donors (Lipinski definition) is 0. The third kappa shape index (κ3) is 6.65. The second-order valence-corrected chi connectivity index (χ2v) is 9.30. The maximum atomic E-state index is 12.2. The second kappa shape index (κ2) is 10.3. The number of carbonyl (C=O) groups is 2. The molecule has 5 atom stereocenters. The summed E-state index contributed by atoms with van der Waals surface area (Å²) in [6, 6.07) is 0. The molecule has 2 aliphatic carbocycles. The number of hydrogen-bond acceptors (Lipinski definition) is 4. The van der Waals surface area contributed by atoms with Gasteiger partial charge in [-0.15, -0.1) is 0 Å². The fourth-order valence-corrected chi connectivity index (χ4v) is 4.80. The van der Waals surface area contributed by atoms with Crippen molar-refractivity contribution in [3.63, 3.8) is 0 Å². The summed E-state index contributed by atoms with van der Waals surface area (Å²) in [6.45, 7) is 10.9. The van der Waals surface area contributed by atoms with Crippen molar-refractivity contribution in [1.29, 1.82) is 0 Å². The first kappa shape index (κ1) is 22.0. The highest BCUT2D eigenvalue weighted by Gasteiger charge is 2.33. The lowest BCUT2D eigenvalue weighted by Gasteiger charge is -2.36. The van der Waals surface area contributed by atoms with Gasteiger partial charge in [0.1, 0.15) is 12.2 Å². The monoisotopic (exact) mass is 378 g/mol. The maximum Gasteiger partial charge on any atom is 0.331 e. The largest absolute Gasteiger partial charge is 0.459 e. The number of rotatable bonds is 6. The maximum absolute atomic E-state index is 12.2. The Balaban J connectivity index is 1.86. The quantitative estimate of drug-likeness (QED) is 0.464. The summed E-state index contributed by atoms with van der Waals surface area (Å²) in [6.07, 6.45) is 9.93. The van der Waals surface area contributed by atoms with Gasteiger partial charge in [0.25, 0.3) is 0 Å². The van der Waals surface area contributed by atoms with Crippen LogP contribution in [0.4, 0.5) is 0 Å². The van der Waals surface area contributed by atoms with E-state index in [-0.39, 0.29) is 12.2 Å². The van der Waals surface area contributed by atoms with Crippen molar-refractivity contribution in [1.82, 2.24) is 0 Å². The molecule has 2 rings (SSSR count). The Morgan fingerprint density at radius 3 is 1.89 bits per heavy atom. The van der Waals surface area contributed by atoms with Crippen LogP contribution in [-0.2, 0) is 19.1 Å². The highest BCUT2D eigenvalue weighted by molar-refractivity contribution is 5.91. The average Bonchev–Trinajstić information content (AvgIpc) is 2.60. The summed E-state index contributed by atoms with van der Waals surface area (Å²) in [5.41, 5.74) is 0. The van der Waals surface area contributed by atoms with E-state index in [4.69, 9.17) is 9.47 Å². The van der Waals surface area contributed by atoms with Crippen molar-refractivity contribution in [2.45, 2.75) is 91.8 Å². The van der Waals surface area contributed by atoms with E-state index in [0.29, 0.717) is 29.6 Å². The summed E-state index contributed by atoms with van der Waals surface area (Å²) < 4.78 is 11.4. The van der Waals surface area contributed by atoms with E-state index in [1.807, 2.05) is 0 Å². The zero-order valence-corrected chi connectivity index (χ0v) is 17.8. The SMILES string of the molecule is CC(C)[C@H]1CC[C@H](C)C[C@@H]1OC(=O)/C=C/C(=O)O[C@@H]1CCCC[C@H]1C(C)C. The smallest absolute Gasteiger partial charge is 0.331 e. The van der Waals surface area contributed by atoms with Crippen molar-refractivity contribution >= 4 is 11.9 Å². The van der Waals surface area contributed by atoms with Gasteiger partial charge in [0, 0.05) is 12.2 Å². The average molecular weight is 379 g/mol. The molecule has 2 fully saturated rings. The third-order valence-corrected chi connectivity index (χ3v) is 6.46. The summed E-state index contributed by atoms with van der Waals surface area (Å²) >= 11 is 0. The summed E-state index contributed by atoms with van der Waals surface area (Å²) in [5.74, 6) is 1.52. The van der Waals surface area contributed by atoms with Crippen LogP contribution in [0.1, 0.15) is 79.6 Å². The Morgan fingerprint density at radius 2 is 1.30 bits per heavy atom. The lowest BCUT2D eigenvalue weighted by Crippen LogP contribution is -2.35. The van der Waals surface area contributed by atoms with Crippen molar-refractivity contribution in [3.8, 4) is 0 Å². The topological polar surface area (TPSA) is 52.6 Å². The Bertz CT molecular complexity index is 522. The molecule has 4 heteroatoms. The van der Waals surface area contributed by atoms with Crippen LogP contribution in [0, 0.1) is 29.6 Å². The first-order chi connectivity index (χ1) is 12.8. The second-order valence-electron chi connectivity index (χ2n) is 9.30. The molecule has 0 N–H and O–H groups in total. The predicted molar refractivity (Wildman–Crippen MR) is 107 cm³/mol. The minimum absolute atomic E-state index is 0.0311. The van der Waals surface area contributed by atoms with Gasteiger partial charge in [0.15, 0.2) is 0 Å². The molecule has 154 valence electrons. The molecule has 0 heterocycles. The molecule has 2 aliphatic rings. The molecule has 4 nitrogen and oxygen atoms in total. The van der Waals surface area contributed by atoms with Crippen LogP contribution in [0.3, 0.4) is 0 Å². The van der Waals surface area contributed by atoms with Gasteiger partial charge in [-0.2, -0.15) is 0 Å². The molecule has 0 spiro atoms. The number of esters is 2. The summed E-state index contributed by atoms with van der Waals surface area (Å²) in [5, 5.41) is 0. The normalized spacial score (nSPS) is 32.0. The van der Waals surface area contributed by atoms with Gasteiger partial charge in [0.2, 0.25) is 0 Å². The Labute approximate surface area is 165 Å². The number of ether oxygens (including phenoxy) is 2. The molecule has 0 amide bonds.